The van der Waals surface area contributed by atoms with E-state index in [4.69, 9.17) is 4.74 Å². The number of hydrogen-bond donors (Lipinski definition) is 2. The first kappa shape index (κ1) is 15.3. The van der Waals surface area contributed by atoms with Crippen LogP contribution < -0.4 is 10.2 Å². The van der Waals surface area contributed by atoms with Gasteiger partial charge < -0.3 is 9.84 Å². The monoisotopic (exact) mass is 396 g/mol. The molecule has 0 bridgehead atoms. The molecule has 2 rings (SSSR count). The van der Waals surface area contributed by atoms with E-state index in [1.54, 1.807) is 49.6 Å². The van der Waals surface area contributed by atoms with Gasteiger partial charge in [0.1, 0.15) is 11.5 Å². The predicted molar refractivity (Wildman–Crippen MR) is 88.9 cm³/mol. The Balaban J connectivity index is 2.05. The number of benzene rings is 2. The summed E-state index contributed by atoms with van der Waals surface area (Å²) in [6.45, 7) is 0. The number of ether oxygens (including phenoxy) is 1. The van der Waals surface area contributed by atoms with Gasteiger partial charge in [-0.1, -0.05) is 12.1 Å². The van der Waals surface area contributed by atoms with Crippen LogP contribution in [0.25, 0.3) is 0 Å². The van der Waals surface area contributed by atoms with Gasteiger partial charge >= 0.3 is 0 Å². The van der Waals surface area contributed by atoms with E-state index in [9.17, 15) is 9.90 Å². The van der Waals surface area contributed by atoms with Crippen LogP contribution in [0.2, 0.25) is 0 Å². The fourth-order valence-electron chi connectivity index (χ4n) is 1.64. The molecular weight excluding hydrogens is 383 g/mol. The molecule has 0 fully saturated rings. The van der Waals surface area contributed by atoms with Gasteiger partial charge in [0.25, 0.3) is 5.91 Å². The molecule has 5 nitrogen and oxygen atoms in total. The number of halogens is 1. The third kappa shape index (κ3) is 4.19. The number of hydrazone groups is 1. The quantitative estimate of drug-likeness (QED) is 0.475. The first-order valence-corrected chi connectivity index (χ1v) is 7.14. The zero-order valence-electron chi connectivity index (χ0n) is 11.2. The maximum absolute atomic E-state index is 11.9. The van der Waals surface area contributed by atoms with E-state index in [1.807, 2.05) is 0 Å². The number of rotatable bonds is 4. The van der Waals surface area contributed by atoms with Gasteiger partial charge in [0.2, 0.25) is 0 Å². The Morgan fingerprint density at radius 1 is 1.33 bits per heavy atom. The Hall–Kier alpha value is -2.09. The molecule has 2 N–H and O–H groups in total. The highest BCUT2D eigenvalue weighted by Gasteiger charge is 2.08. The van der Waals surface area contributed by atoms with Gasteiger partial charge in [-0.3, -0.25) is 4.79 Å². The third-order valence-electron chi connectivity index (χ3n) is 2.66. The molecule has 1 amide bonds. The number of aromatic hydroxyl groups is 1. The van der Waals surface area contributed by atoms with Crippen LogP contribution in [-0.4, -0.2) is 24.3 Å². The average Bonchev–Trinajstić information content (AvgIpc) is 2.47. The van der Waals surface area contributed by atoms with Gasteiger partial charge in [-0.25, -0.2) is 5.43 Å². The molecule has 0 radical (unpaired) electrons. The molecule has 6 heteroatoms. The van der Waals surface area contributed by atoms with Crippen molar-refractivity contribution in [1.29, 1.82) is 0 Å². The van der Waals surface area contributed by atoms with E-state index in [0.717, 1.165) is 3.57 Å². The van der Waals surface area contributed by atoms with Crippen LogP contribution in [0.15, 0.2) is 47.6 Å². The first-order chi connectivity index (χ1) is 10.1. The Labute approximate surface area is 135 Å². The highest BCUT2D eigenvalue weighted by atomic mass is 127. The SMILES string of the molecule is COc1cc(C(=O)N/N=C/c2cccc(O)c2)ccc1I. The molecule has 0 aliphatic heterocycles. The number of carbonyl (C=O) groups excluding carboxylic acids is 1. The Kier molecular flexibility index (Phi) is 5.15. The standard InChI is InChI=1S/C15H13IN2O3/c1-21-14-8-11(5-6-13(14)16)15(20)18-17-9-10-3-2-4-12(19)7-10/h2-9,19H,1H3,(H,18,20)/b17-9+. The van der Waals surface area contributed by atoms with Crippen molar-refractivity contribution in [2.24, 2.45) is 5.10 Å². The van der Waals surface area contributed by atoms with Gasteiger partial charge in [0.05, 0.1) is 16.9 Å². The molecule has 0 aromatic heterocycles. The molecule has 0 saturated carbocycles. The molecule has 21 heavy (non-hydrogen) atoms. The van der Waals surface area contributed by atoms with Crippen LogP contribution in [-0.2, 0) is 0 Å². The van der Waals surface area contributed by atoms with Crippen molar-refractivity contribution in [3.8, 4) is 11.5 Å². The minimum Gasteiger partial charge on any atom is -0.508 e. The highest BCUT2D eigenvalue weighted by molar-refractivity contribution is 14.1. The summed E-state index contributed by atoms with van der Waals surface area (Å²) >= 11 is 2.13. The highest BCUT2D eigenvalue weighted by Crippen LogP contribution is 2.21. The van der Waals surface area contributed by atoms with Gasteiger partial charge in [0.15, 0.2) is 0 Å². The number of phenols is 1. The molecule has 0 saturated heterocycles. The van der Waals surface area contributed by atoms with Gasteiger partial charge in [-0.15, -0.1) is 0 Å². The molecule has 2 aromatic carbocycles. The normalized spacial score (nSPS) is 10.6. The molecule has 0 unspecified atom stereocenters. The number of amides is 1. The summed E-state index contributed by atoms with van der Waals surface area (Å²) in [4.78, 5) is 11.9. The number of hydrogen-bond acceptors (Lipinski definition) is 4. The molecule has 2 aromatic rings. The van der Waals surface area contributed by atoms with E-state index < -0.39 is 0 Å². The fourth-order valence-corrected chi connectivity index (χ4v) is 2.19. The van der Waals surface area contributed by atoms with Crippen LogP contribution in [0.4, 0.5) is 0 Å². The van der Waals surface area contributed by atoms with Crippen molar-refractivity contribution in [1.82, 2.24) is 5.43 Å². The summed E-state index contributed by atoms with van der Waals surface area (Å²) < 4.78 is 6.09. The second-order valence-electron chi connectivity index (χ2n) is 4.14. The van der Waals surface area contributed by atoms with Crippen molar-refractivity contribution < 1.29 is 14.6 Å². The van der Waals surface area contributed by atoms with E-state index >= 15 is 0 Å². The van der Waals surface area contributed by atoms with Crippen LogP contribution in [0.1, 0.15) is 15.9 Å². The van der Waals surface area contributed by atoms with Gasteiger partial charge in [-0.2, -0.15) is 5.10 Å². The maximum Gasteiger partial charge on any atom is 0.271 e. The first-order valence-electron chi connectivity index (χ1n) is 6.06. The van der Waals surface area contributed by atoms with E-state index in [0.29, 0.717) is 16.9 Å². The summed E-state index contributed by atoms with van der Waals surface area (Å²) in [5.41, 5.74) is 3.58. The van der Waals surface area contributed by atoms with Crippen LogP contribution in [0.3, 0.4) is 0 Å². The lowest BCUT2D eigenvalue weighted by molar-refractivity contribution is 0.0955. The number of nitrogens with zero attached hydrogens (tertiary/aromatic N) is 1. The summed E-state index contributed by atoms with van der Waals surface area (Å²) in [7, 11) is 1.55. The molecule has 0 aliphatic carbocycles. The van der Waals surface area contributed by atoms with Crippen LogP contribution >= 0.6 is 22.6 Å². The maximum atomic E-state index is 11.9. The average molecular weight is 396 g/mol. The van der Waals surface area contributed by atoms with Crippen molar-refractivity contribution in [2.45, 2.75) is 0 Å². The molecular formula is C15H13IN2O3. The number of methoxy groups -OCH3 is 1. The summed E-state index contributed by atoms with van der Waals surface area (Å²) in [6, 6.07) is 11.7. The molecule has 0 spiro atoms. The lowest BCUT2D eigenvalue weighted by Crippen LogP contribution is -2.17. The Bertz CT molecular complexity index is 686. The van der Waals surface area contributed by atoms with Crippen molar-refractivity contribution in [3.63, 3.8) is 0 Å². The van der Waals surface area contributed by atoms with E-state index in [1.165, 1.54) is 6.21 Å². The molecule has 0 aliphatic rings. The topological polar surface area (TPSA) is 70.9 Å². The lowest BCUT2D eigenvalue weighted by Gasteiger charge is -2.05. The van der Waals surface area contributed by atoms with E-state index in [-0.39, 0.29) is 11.7 Å². The third-order valence-corrected chi connectivity index (χ3v) is 3.55. The van der Waals surface area contributed by atoms with Gasteiger partial charge in [0, 0.05) is 5.56 Å². The molecule has 0 atom stereocenters. The molecule has 0 heterocycles. The van der Waals surface area contributed by atoms with Crippen molar-refractivity contribution in [2.75, 3.05) is 7.11 Å². The Morgan fingerprint density at radius 2 is 2.14 bits per heavy atom. The largest absolute Gasteiger partial charge is 0.508 e. The second kappa shape index (κ2) is 7.07. The number of nitrogens with one attached hydrogen (secondary N) is 1. The van der Waals surface area contributed by atoms with E-state index in [2.05, 4.69) is 33.1 Å². The lowest BCUT2D eigenvalue weighted by atomic mass is 10.2. The minimum atomic E-state index is -0.332. The molecule has 108 valence electrons. The summed E-state index contributed by atoms with van der Waals surface area (Å²) in [5, 5.41) is 13.2. The van der Waals surface area contributed by atoms with Crippen molar-refractivity contribution >= 4 is 34.7 Å². The fraction of sp³-hybridized carbons (Fsp3) is 0.0667. The smallest absolute Gasteiger partial charge is 0.271 e. The second-order valence-corrected chi connectivity index (χ2v) is 5.31. The van der Waals surface area contributed by atoms with Crippen LogP contribution in [0, 0.1) is 3.57 Å². The van der Waals surface area contributed by atoms with Crippen LogP contribution in [0.5, 0.6) is 11.5 Å². The predicted octanol–water partition coefficient (Wildman–Crippen LogP) is 2.77. The number of phenolic OH excluding ortho intramolecular Hbond substituents is 1. The minimum absolute atomic E-state index is 0.146. The summed E-state index contributed by atoms with van der Waals surface area (Å²) in [5.74, 6) is 0.453. The van der Waals surface area contributed by atoms with Gasteiger partial charge in [-0.05, 0) is 58.5 Å². The zero-order chi connectivity index (χ0) is 15.2. The Morgan fingerprint density at radius 3 is 2.86 bits per heavy atom. The zero-order valence-corrected chi connectivity index (χ0v) is 13.4. The van der Waals surface area contributed by atoms with Crippen molar-refractivity contribution in [3.05, 3.63) is 57.2 Å². The summed E-state index contributed by atoms with van der Waals surface area (Å²) in [6.07, 6.45) is 1.46. The number of carbonyl (C=O) groups is 1.